The molecule has 0 saturated carbocycles. The Balaban J connectivity index is 1.49. The number of carbonyl (C=O) groups is 3. The molecule has 0 radical (unpaired) electrons. The van der Waals surface area contributed by atoms with Gasteiger partial charge in [-0.2, -0.15) is 5.10 Å². The standard InChI is InChI=1S/C27H26Cl2N4O4/c1-17(2)19-9-7-18(8-10-19)14-30-26(35)27(36)33-31-15-20-5-3-4-6-24(20)37-16-25(34)32-23-12-21(28)11-22(29)13-23/h3-13,15,17H,14,16H2,1-2H3,(H,30,35)(H,32,34)(H,33,36)/b31-15-. The molecule has 192 valence electrons. The number of hydrazone groups is 1. The van der Waals surface area contributed by atoms with Crippen molar-refractivity contribution >= 4 is 52.8 Å². The summed E-state index contributed by atoms with van der Waals surface area (Å²) in [7, 11) is 0. The third-order valence-corrected chi connectivity index (χ3v) is 5.54. The second kappa shape index (κ2) is 13.4. The molecule has 3 aromatic rings. The number of anilines is 1. The maximum Gasteiger partial charge on any atom is 0.329 e. The predicted molar refractivity (Wildman–Crippen MR) is 145 cm³/mol. The molecule has 3 aromatic carbocycles. The van der Waals surface area contributed by atoms with Gasteiger partial charge in [-0.25, -0.2) is 5.43 Å². The highest BCUT2D eigenvalue weighted by Crippen LogP contribution is 2.22. The lowest BCUT2D eigenvalue weighted by Gasteiger charge is -2.10. The molecule has 10 heteroatoms. The molecule has 3 N–H and O–H groups in total. The van der Waals surface area contributed by atoms with E-state index in [0.29, 0.717) is 33.0 Å². The monoisotopic (exact) mass is 540 g/mol. The van der Waals surface area contributed by atoms with E-state index in [0.717, 1.165) is 5.56 Å². The van der Waals surface area contributed by atoms with Gasteiger partial charge in [0.1, 0.15) is 5.75 Å². The lowest BCUT2D eigenvalue weighted by Crippen LogP contribution is -2.37. The molecule has 0 fully saturated rings. The molecule has 0 aliphatic rings. The zero-order valence-corrected chi connectivity index (χ0v) is 21.8. The van der Waals surface area contributed by atoms with Crippen LogP contribution in [0.5, 0.6) is 5.75 Å². The summed E-state index contributed by atoms with van der Waals surface area (Å²) >= 11 is 11.9. The Labute approximate surface area is 225 Å². The third kappa shape index (κ3) is 8.93. The first kappa shape index (κ1) is 27.7. The molecule has 0 unspecified atom stereocenters. The van der Waals surface area contributed by atoms with Gasteiger partial charge in [0.2, 0.25) is 0 Å². The van der Waals surface area contributed by atoms with Crippen LogP contribution in [0.15, 0.2) is 71.8 Å². The fraction of sp³-hybridized carbons (Fsp3) is 0.185. The molecule has 37 heavy (non-hydrogen) atoms. The van der Waals surface area contributed by atoms with Gasteiger partial charge in [-0.3, -0.25) is 14.4 Å². The number of ether oxygens (including phenoxy) is 1. The van der Waals surface area contributed by atoms with Crippen LogP contribution in [0, 0.1) is 0 Å². The second-order valence-corrected chi connectivity index (χ2v) is 9.18. The molecule has 0 spiro atoms. The van der Waals surface area contributed by atoms with Crippen molar-refractivity contribution in [2.75, 3.05) is 11.9 Å². The molecular formula is C27H26Cl2N4O4. The van der Waals surface area contributed by atoms with Crippen molar-refractivity contribution < 1.29 is 19.1 Å². The number of para-hydroxylation sites is 1. The van der Waals surface area contributed by atoms with Gasteiger partial charge in [-0.15, -0.1) is 0 Å². The van der Waals surface area contributed by atoms with E-state index in [-0.39, 0.29) is 13.2 Å². The molecule has 0 bridgehead atoms. The van der Waals surface area contributed by atoms with Crippen LogP contribution in [-0.2, 0) is 20.9 Å². The Bertz CT molecular complexity index is 1270. The molecule has 8 nitrogen and oxygen atoms in total. The van der Waals surface area contributed by atoms with Crippen LogP contribution in [-0.4, -0.2) is 30.5 Å². The van der Waals surface area contributed by atoms with Gasteiger partial charge in [0.05, 0.1) is 6.21 Å². The molecule has 0 aliphatic carbocycles. The van der Waals surface area contributed by atoms with Crippen molar-refractivity contribution in [1.82, 2.24) is 10.7 Å². The third-order valence-electron chi connectivity index (χ3n) is 5.10. The average Bonchev–Trinajstić information content (AvgIpc) is 2.86. The smallest absolute Gasteiger partial charge is 0.329 e. The molecule has 0 heterocycles. The van der Waals surface area contributed by atoms with Crippen molar-refractivity contribution in [3.8, 4) is 5.75 Å². The minimum atomic E-state index is -0.909. The SMILES string of the molecule is CC(C)c1ccc(CNC(=O)C(=O)N/N=C\c2ccccc2OCC(=O)Nc2cc(Cl)cc(Cl)c2)cc1. The largest absolute Gasteiger partial charge is 0.483 e. The van der Waals surface area contributed by atoms with Crippen molar-refractivity contribution in [1.29, 1.82) is 0 Å². The Kier molecular flexibility index (Phi) is 10.1. The van der Waals surface area contributed by atoms with E-state index in [1.165, 1.54) is 11.8 Å². The van der Waals surface area contributed by atoms with Crippen LogP contribution < -0.4 is 20.8 Å². The average molecular weight is 541 g/mol. The van der Waals surface area contributed by atoms with Crippen LogP contribution in [0.1, 0.15) is 36.5 Å². The second-order valence-electron chi connectivity index (χ2n) is 8.31. The minimum Gasteiger partial charge on any atom is -0.483 e. The normalized spacial score (nSPS) is 10.8. The first-order valence-electron chi connectivity index (χ1n) is 11.4. The summed E-state index contributed by atoms with van der Waals surface area (Å²) in [6.07, 6.45) is 1.32. The first-order valence-corrected chi connectivity index (χ1v) is 12.1. The Morgan fingerprint density at radius 1 is 0.946 bits per heavy atom. The summed E-state index contributed by atoms with van der Waals surface area (Å²) in [5.41, 5.74) is 5.19. The van der Waals surface area contributed by atoms with Crippen molar-refractivity contribution in [3.05, 3.63) is 93.5 Å². The quantitative estimate of drug-likeness (QED) is 0.203. The summed E-state index contributed by atoms with van der Waals surface area (Å²) in [5.74, 6) is -1.38. The number of nitrogens with one attached hydrogen (secondary N) is 3. The molecule has 3 amide bonds. The van der Waals surface area contributed by atoms with Crippen LogP contribution >= 0.6 is 23.2 Å². The van der Waals surface area contributed by atoms with Gasteiger partial charge < -0.3 is 15.4 Å². The summed E-state index contributed by atoms with van der Waals surface area (Å²) < 4.78 is 5.59. The van der Waals surface area contributed by atoms with Gasteiger partial charge in [-0.05, 0) is 47.4 Å². The highest BCUT2D eigenvalue weighted by atomic mass is 35.5. The lowest BCUT2D eigenvalue weighted by molar-refractivity contribution is -0.139. The Morgan fingerprint density at radius 3 is 2.30 bits per heavy atom. The van der Waals surface area contributed by atoms with Crippen LogP contribution in [0.4, 0.5) is 5.69 Å². The van der Waals surface area contributed by atoms with Crippen LogP contribution in [0.3, 0.4) is 0 Å². The highest BCUT2D eigenvalue weighted by Gasteiger charge is 2.12. The van der Waals surface area contributed by atoms with E-state index in [1.807, 2.05) is 24.3 Å². The van der Waals surface area contributed by atoms with Crippen molar-refractivity contribution in [3.63, 3.8) is 0 Å². The number of rotatable bonds is 9. The fourth-order valence-corrected chi connectivity index (χ4v) is 3.71. The van der Waals surface area contributed by atoms with Gasteiger partial charge in [0.15, 0.2) is 6.61 Å². The van der Waals surface area contributed by atoms with E-state index in [2.05, 4.69) is 35.0 Å². The summed E-state index contributed by atoms with van der Waals surface area (Å²) in [6.45, 7) is 4.13. The van der Waals surface area contributed by atoms with Gasteiger partial charge >= 0.3 is 11.8 Å². The van der Waals surface area contributed by atoms with E-state index in [1.54, 1.807) is 42.5 Å². The van der Waals surface area contributed by atoms with Crippen molar-refractivity contribution in [2.45, 2.75) is 26.3 Å². The zero-order valence-electron chi connectivity index (χ0n) is 20.3. The van der Waals surface area contributed by atoms with Gasteiger partial charge in [0, 0.05) is 27.8 Å². The van der Waals surface area contributed by atoms with Crippen LogP contribution in [0.2, 0.25) is 10.0 Å². The lowest BCUT2D eigenvalue weighted by atomic mass is 10.0. The predicted octanol–water partition coefficient (Wildman–Crippen LogP) is 4.90. The molecular weight excluding hydrogens is 515 g/mol. The Morgan fingerprint density at radius 2 is 1.62 bits per heavy atom. The highest BCUT2D eigenvalue weighted by molar-refractivity contribution is 6.35. The number of amides is 3. The summed E-state index contributed by atoms with van der Waals surface area (Å²) in [6, 6.07) is 19.3. The molecule has 0 aliphatic heterocycles. The number of nitrogens with zero attached hydrogens (tertiary/aromatic N) is 1. The first-order chi connectivity index (χ1) is 17.7. The molecule has 0 atom stereocenters. The topological polar surface area (TPSA) is 109 Å². The van der Waals surface area contributed by atoms with Crippen LogP contribution in [0.25, 0.3) is 0 Å². The number of hydrogen-bond acceptors (Lipinski definition) is 5. The number of benzene rings is 3. The van der Waals surface area contributed by atoms with Gasteiger partial charge in [0.25, 0.3) is 5.91 Å². The van der Waals surface area contributed by atoms with Gasteiger partial charge in [-0.1, -0.05) is 73.4 Å². The van der Waals surface area contributed by atoms with E-state index < -0.39 is 17.7 Å². The summed E-state index contributed by atoms with van der Waals surface area (Å²) in [4.78, 5) is 36.4. The zero-order chi connectivity index (χ0) is 26.8. The maximum atomic E-state index is 12.3. The van der Waals surface area contributed by atoms with E-state index in [4.69, 9.17) is 27.9 Å². The number of hydrogen-bond donors (Lipinski definition) is 3. The fourth-order valence-electron chi connectivity index (χ4n) is 3.18. The van der Waals surface area contributed by atoms with E-state index in [9.17, 15) is 14.4 Å². The van der Waals surface area contributed by atoms with Crippen molar-refractivity contribution in [2.24, 2.45) is 5.10 Å². The molecule has 3 rings (SSSR count). The van der Waals surface area contributed by atoms with E-state index >= 15 is 0 Å². The maximum absolute atomic E-state index is 12.3. The summed E-state index contributed by atoms with van der Waals surface area (Å²) in [5, 5.41) is 9.81. The minimum absolute atomic E-state index is 0.217. The number of halogens is 2. The molecule has 0 aromatic heterocycles. The molecule has 0 saturated heterocycles. The number of carbonyl (C=O) groups excluding carboxylic acids is 3. The Hall–Kier alpha value is -3.88.